The number of aryl methyl sites for hydroxylation is 1. The Balaban J connectivity index is 2.02. The molecule has 20 heavy (non-hydrogen) atoms. The number of hydrogen-bond acceptors (Lipinski definition) is 5. The predicted octanol–water partition coefficient (Wildman–Crippen LogP) is 3.52. The number of rotatable bonds is 6. The van der Waals surface area contributed by atoms with Crippen LogP contribution in [0.3, 0.4) is 0 Å². The highest BCUT2D eigenvalue weighted by Crippen LogP contribution is 2.33. The van der Waals surface area contributed by atoms with E-state index in [9.17, 15) is 0 Å². The number of benzene rings is 1. The van der Waals surface area contributed by atoms with Crippen LogP contribution in [0.25, 0.3) is 0 Å². The summed E-state index contributed by atoms with van der Waals surface area (Å²) in [6.45, 7) is 3.50. The van der Waals surface area contributed by atoms with Crippen LogP contribution in [0.1, 0.15) is 16.3 Å². The van der Waals surface area contributed by atoms with E-state index in [-0.39, 0.29) is 0 Å². The average Bonchev–Trinajstić information content (AvgIpc) is 2.85. The van der Waals surface area contributed by atoms with Crippen LogP contribution in [0.4, 0.5) is 0 Å². The monoisotopic (exact) mass is 356 g/mol. The first-order valence-electron chi connectivity index (χ1n) is 6.16. The highest BCUT2D eigenvalue weighted by molar-refractivity contribution is 9.10. The quantitative estimate of drug-likeness (QED) is 0.859. The van der Waals surface area contributed by atoms with Gasteiger partial charge in [-0.25, -0.2) is 4.98 Å². The fourth-order valence-electron chi connectivity index (χ4n) is 1.82. The van der Waals surface area contributed by atoms with E-state index < -0.39 is 0 Å². The molecule has 1 N–H and O–H groups in total. The number of nitrogens with one attached hydrogen (secondary N) is 1. The average molecular weight is 357 g/mol. The molecule has 0 radical (unpaired) electrons. The van der Waals surface area contributed by atoms with Crippen LogP contribution in [0, 0.1) is 6.92 Å². The van der Waals surface area contributed by atoms with E-state index in [2.05, 4.69) is 31.6 Å². The van der Waals surface area contributed by atoms with E-state index in [1.165, 1.54) is 0 Å². The molecule has 4 nitrogen and oxygen atoms in total. The van der Waals surface area contributed by atoms with Crippen LogP contribution in [0.5, 0.6) is 11.5 Å². The van der Waals surface area contributed by atoms with Crippen LogP contribution in [0.2, 0.25) is 0 Å². The molecule has 0 aliphatic carbocycles. The van der Waals surface area contributed by atoms with Crippen molar-refractivity contribution in [2.45, 2.75) is 20.0 Å². The topological polar surface area (TPSA) is 43.4 Å². The first-order valence-corrected chi connectivity index (χ1v) is 7.83. The maximum atomic E-state index is 5.32. The summed E-state index contributed by atoms with van der Waals surface area (Å²) in [6.07, 6.45) is 0. The van der Waals surface area contributed by atoms with Crippen LogP contribution in [-0.2, 0) is 13.1 Å². The largest absolute Gasteiger partial charge is 0.493 e. The highest BCUT2D eigenvalue weighted by atomic mass is 79.9. The summed E-state index contributed by atoms with van der Waals surface area (Å²) >= 11 is 5.23. The summed E-state index contributed by atoms with van der Waals surface area (Å²) in [5.74, 6) is 1.45. The summed E-state index contributed by atoms with van der Waals surface area (Å²) in [7, 11) is 3.27. The maximum absolute atomic E-state index is 5.32. The van der Waals surface area contributed by atoms with Gasteiger partial charge in [-0.1, -0.05) is 15.9 Å². The van der Waals surface area contributed by atoms with E-state index in [0.717, 1.165) is 45.3 Å². The molecular formula is C14H17BrN2O2S. The fraction of sp³-hybridized carbons (Fsp3) is 0.357. The Morgan fingerprint density at radius 2 is 1.90 bits per heavy atom. The number of hydrogen-bond donors (Lipinski definition) is 1. The Hall–Kier alpha value is -1.11. The zero-order valence-electron chi connectivity index (χ0n) is 11.7. The van der Waals surface area contributed by atoms with Crippen molar-refractivity contribution in [2.75, 3.05) is 14.2 Å². The Labute approximate surface area is 131 Å². The van der Waals surface area contributed by atoms with Crippen molar-refractivity contribution < 1.29 is 9.47 Å². The van der Waals surface area contributed by atoms with Gasteiger partial charge in [0, 0.05) is 28.6 Å². The van der Waals surface area contributed by atoms with Gasteiger partial charge >= 0.3 is 0 Å². The Morgan fingerprint density at radius 3 is 2.50 bits per heavy atom. The number of methoxy groups -OCH3 is 2. The first kappa shape index (κ1) is 15.3. The lowest BCUT2D eigenvalue weighted by Crippen LogP contribution is -2.13. The lowest BCUT2D eigenvalue weighted by atomic mass is 10.2. The van der Waals surface area contributed by atoms with Gasteiger partial charge in [-0.2, -0.15) is 0 Å². The molecule has 0 fully saturated rings. The van der Waals surface area contributed by atoms with E-state index in [4.69, 9.17) is 9.47 Å². The molecule has 0 aliphatic heterocycles. The standard InChI is InChI=1S/C14H17BrN2O2S/c1-9-8-20-14(17-9)7-16-6-10-4-12(18-2)13(19-3)5-11(10)15/h4-5,8,16H,6-7H2,1-3H3. The Kier molecular flexibility index (Phi) is 5.39. The van der Waals surface area contributed by atoms with E-state index in [1.54, 1.807) is 25.6 Å². The lowest BCUT2D eigenvalue weighted by molar-refractivity contribution is 0.354. The number of aromatic nitrogens is 1. The normalized spacial score (nSPS) is 10.6. The summed E-state index contributed by atoms with van der Waals surface area (Å²) in [5.41, 5.74) is 2.19. The minimum atomic E-state index is 0.721. The lowest BCUT2D eigenvalue weighted by Gasteiger charge is -2.12. The van der Waals surface area contributed by atoms with Crippen molar-refractivity contribution in [3.8, 4) is 11.5 Å². The van der Waals surface area contributed by atoms with Crippen LogP contribution < -0.4 is 14.8 Å². The van der Waals surface area contributed by atoms with E-state index in [1.807, 2.05) is 19.1 Å². The molecule has 0 bridgehead atoms. The molecule has 0 spiro atoms. The summed E-state index contributed by atoms with van der Waals surface area (Å²) in [6, 6.07) is 3.90. The van der Waals surface area contributed by atoms with Crippen LogP contribution >= 0.6 is 27.3 Å². The second-order valence-corrected chi connectivity index (χ2v) is 6.08. The Morgan fingerprint density at radius 1 is 1.20 bits per heavy atom. The van der Waals surface area contributed by atoms with Gasteiger partial charge in [-0.15, -0.1) is 11.3 Å². The molecule has 2 rings (SSSR count). The van der Waals surface area contributed by atoms with Gasteiger partial charge in [-0.05, 0) is 24.6 Å². The Bertz CT molecular complexity index is 587. The molecule has 1 aromatic heterocycles. The number of halogens is 1. The van der Waals surface area contributed by atoms with Crippen molar-refractivity contribution in [2.24, 2.45) is 0 Å². The maximum Gasteiger partial charge on any atom is 0.161 e. The second-order valence-electron chi connectivity index (χ2n) is 4.28. The van der Waals surface area contributed by atoms with Crippen molar-refractivity contribution >= 4 is 27.3 Å². The SMILES string of the molecule is COc1cc(Br)c(CNCc2nc(C)cs2)cc1OC. The minimum Gasteiger partial charge on any atom is -0.493 e. The molecule has 0 aliphatic rings. The molecule has 1 heterocycles. The second kappa shape index (κ2) is 7.06. The molecule has 0 unspecified atom stereocenters. The third kappa shape index (κ3) is 3.71. The van der Waals surface area contributed by atoms with Crippen molar-refractivity contribution in [1.82, 2.24) is 10.3 Å². The molecule has 0 saturated heterocycles. The van der Waals surface area contributed by atoms with Gasteiger partial charge in [0.2, 0.25) is 0 Å². The molecule has 2 aromatic rings. The zero-order valence-corrected chi connectivity index (χ0v) is 14.1. The van der Waals surface area contributed by atoms with Crippen molar-refractivity contribution in [3.63, 3.8) is 0 Å². The smallest absolute Gasteiger partial charge is 0.161 e. The van der Waals surface area contributed by atoms with Gasteiger partial charge in [0.15, 0.2) is 11.5 Å². The molecule has 6 heteroatoms. The van der Waals surface area contributed by atoms with Gasteiger partial charge in [0.05, 0.1) is 14.2 Å². The van der Waals surface area contributed by atoms with Gasteiger partial charge < -0.3 is 14.8 Å². The first-order chi connectivity index (χ1) is 9.63. The van der Waals surface area contributed by atoms with Gasteiger partial charge in [-0.3, -0.25) is 0 Å². The van der Waals surface area contributed by atoms with Crippen LogP contribution in [-0.4, -0.2) is 19.2 Å². The molecule has 0 amide bonds. The van der Waals surface area contributed by atoms with Crippen molar-refractivity contribution in [1.29, 1.82) is 0 Å². The number of ether oxygens (including phenoxy) is 2. The molecule has 1 aromatic carbocycles. The highest BCUT2D eigenvalue weighted by Gasteiger charge is 2.09. The van der Waals surface area contributed by atoms with Gasteiger partial charge in [0.25, 0.3) is 0 Å². The van der Waals surface area contributed by atoms with Gasteiger partial charge in [0.1, 0.15) is 5.01 Å². The van der Waals surface area contributed by atoms with E-state index in [0.29, 0.717) is 0 Å². The summed E-state index contributed by atoms with van der Waals surface area (Å²) in [4.78, 5) is 4.43. The molecule has 0 atom stereocenters. The van der Waals surface area contributed by atoms with E-state index >= 15 is 0 Å². The zero-order chi connectivity index (χ0) is 14.5. The third-order valence-electron chi connectivity index (χ3n) is 2.81. The van der Waals surface area contributed by atoms with Crippen molar-refractivity contribution in [3.05, 3.63) is 38.3 Å². The minimum absolute atomic E-state index is 0.721. The predicted molar refractivity (Wildman–Crippen MR) is 84.6 cm³/mol. The third-order valence-corrected chi connectivity index (χ3v) is 4.52. The summed E-state index contributed by atoms with van der Waals surface area (Å²) in [5, 5.41) is 6.54. The number of thiazole rings is 1. The number of nitrogens with zero attached hydrogens (tertiary/aromatic N) is 1. The fourth-order valence-corrected chi connectivity index (χ4v) is 3.02. The molecule has 0 saturated carbocycles. The summed E-state index contributed by atoms with van der Waals surface area (Å²) < 4.78 is 11.6. The molecule has 108 valence electrons. The van der Waals surface area contributed by atoms with Crippen LogP contribution in [0.15, 0.2) is 22.0 Å². The molecular weight excluding hydrogens is 340 g/mol.